The van der Waals surface area contributed by atoms with E-state index in [0.717, 1.165) is 29.4 Å². The van der Waals surface area contributed by atoms with Crippen LogP contribution in [0.1, 0.15) is 32.6 Å². The summed E-state index contributed by atoms with van der Waals surface area (Å²) in [5, 5.41) is 9.22. The Morgan fingerprint density at radius 2 is 2.08 bits per heavy atom. The molecule has 0 atom stereocenters. The smallest absolute Gasteiger partial charge is 0.237 e. The van der Waals surface area contributed by atoms with E-state index in [-0.39, 0.29) is 5.91 Å². The summed E-state index contributed by atoms with van der Waals surface area (Å²) in [6.07, 6.45) is 10.1. The number of amides is 1. The van der Waals surface area contributed by atoms with Gasteiger partial charge in [0, 0.05) is 37.2 Å². The van der Waals surface area contributed by atoms with Crippen molar-refractivity contribution in [2.75, 3.05) is 12.3 Å². The highest BCUT2D eigenvalue weighted by Gasteiger charge is 2.19. The van der Waals surface area contributed by atoms with Crippen LogP contribution in [0.3, 0.4) is 0 Å². The molecule has 0 radical (unpaired) electrons. The molecule has 1 aliphatic rings. The Kier molecular flexibility index (Phi) is 5.86. The molecule has 0 aliphatic heterocycles. The van der Waals surface area contributed by atoms with Gasteiger partial charge in [-0.1, -0.05) is 17.8 Å². The summed E-state index contributed by atoms with van der Waals surface area (Å²) in [4.78, 5) is 18.6. The van der Waals surface area contributed by atoms with E-state index in [1.54, 1.807) is 12.4 Å². The molecule has 0 bridgehead atoms. The van der Waals surface area contributed by atoms with Crippen molar-refractivity contribution in [3.63, 3.8) is 0 Å². The normalized spacial score (nSPS) is 14.2. The highest BCUT2D eigenvalue weighted by molar-refractivity contribution is 7.99. The average molecular weight is 357 g/mol. The Morgan fingerprint density at radius 3 is 2.76 bits per heavy atom. The highest BCUT2D eigenvalue weighted by Crippen LogP contribution is 2.25. The summed E-state index contributed by atoms with van der Waals surface area (Å²) < 4.78 is 1.92. The van der Waals surface area contributed by atoms with Crippen LogP contribution in [-0.2, 0) is 11.8 Å². The molecule has 2 aromatic heterocycles. The molecule has 132 valence electrons. The van der Waals surface area contributed by atoms with Crippen molar-refractivity contribution in [3.05, 3.63) is 36.3 Å². The van der Waals surface area contributed by atoms with Gasteiger partial charge in [-0.15, -0.1) is 10.2 Å². The number of carbonyl (C=O) groups excluding carboxylic acids is 1. The maximum Gasteiger partial charge on any atom is 0.237 e. The van der Waals surface area contributed by atoms with E-state index in [4.69, 9.17) is 0 Å². The van der Waals surface area contributed by atoms with E-state index in [2.05, 4.69) is 21.3 Å². The van der Waals surface area contributed by atoms with E-state index in [0.29, 0.717) is 12.3 Å². The second-order valence-electron chi connectivity index (χ2n) is 5.97. The molecule has 0 saturated carbocycles. The molecule has 0 saturated heterocycles. The van der Waals surface area contributed by atoms with Crippen molar-refractivity contribution in [2.45, 2.75) is 37.8 Å². The molecule has 6 nitrogen and oxygen atoms in total. The van der Waals surface area contributed by atoms with Crippen molar-refractivity contribution in [1.29, 1.82) is 0 Å². The lowest BCUT2D eigenvalue weighted by Crippen LogP contribution is -2.32. The SMILES string of the molecule is CCN(C(=O)CSc1nnc(-c2ccncc2)n1C)C1=CCCCC1. The lowest BCUT2D eigenvalue weighted by molar-refractivity contribution is -0.126. The van der Waals surface area contributed by atoms with E-state index in [1.165, 1.54) is 30.3 Å². The van der Waals surface area contributed by atoms with Gasteiger partial charge in [0.15, 0.2) is 11.0 Å². The summed E-state index contributed by atoms with van der Waals surface area (Å²) >= 11 is 1.43. The Labute approximate surface area is 152 Å². The molecule has 2 aromatic rings. The predicted molar refractivity (Wildman–Crippen MR) is 98.9 cm³/mol. The Morgan fingerprint density at radius 1 is 1.28 bits per heavy atom. The van der Waals surface area contributed by atoms with Gasteiger partial charge in [0.25, 0.3) is 0 Å². The lowest BCUT2D eigenvalue weighted by atomic mass is 10.0. The fraction of sp³-hybridized carbons (Fsp3) is 0.444. The first-order valence-electron chi connectivity index (χ1n) is 8.62. The molecule has 0 N–H and O–H groups in total. The highest BCUT2D eigenvalue weighted by atomic mass is 32.2. The lowest BCUT2D eigenvalue weighted by Gasteiger charge is -2.26. The number of hydrogen-bond acceptors (Lipinski definition) is 5. The molecule has 1 amide bonds. The quantitative estimate of drug-likeness (QED) is 0.743. The van der Waals surface area contributed by atoms with Gasteiger partial charge >= 0.3 is 0 Å². The minimum atomic E-state index is 0.133. The second-order valence-corrected chi connectivity index (χ2v) is 6.91. The van der Waals surface area contributed by atoms with Crippen molar-refractivity contribution < 1.29 is 4.79 Å². The third-order valence-corrected chi connectivity index (χ3v) is 5.33. The van der Waals surface area contributed by atoms with Crippen molar-refractivity contribution >= 4 is 17.7 Å². The molecular weight excluding hydrogens is 334 g/mol. The van der Waals surface area contributed by atoms with E-state index in [9.17, 15) is 4.79 Å². The number of carbonyl (C=O) groups is 1. The molecule has 0 aromatic carbocycles. The van der Waals surface area contributed by atoms with E-state index < -0.39 is 0 Å². The van der Waals surface area contributed by atoms with Crippen LogP contribution in [0.15, 0.2) is 41.5 Å². The molecule has 0 fully saturated rings. The number of pyridine rings is 1. The van der Waals surface area contributed by atoms with Crippen LogP contribution in [0.2, 0.25) is 0 Å². The van der Waals surface area contributed by atoms with Gasteiger partial charge in [-0.2, -0.15) is 0 Å². The van der Waals surface area contributed by atoms with Crippen molar-refractivity contribution in [2.24, 2.45) is 7.05 Å². The molecule has 1 aliphatic carbocycles. The van der Waals surface area contributed by atoms with Crippen LogP contribution < -0.4 is 0 Å². The van der Waals surface area contributed by atoms with E-state index >= 15 is 0 Å². The van der Waals surface area contributed by atoms with Gasteiger partial charge in [-0.3, -0.25) is 9.78 Å². The van der Waals surface area contributed by atoms with Gasteiger partial charge in [0.2, 0.25) is 5.91 Å². The third kappa shape index (κ3) is 4.10. The molecule has 2 heterocycles. The number of rotatable bonds is 6. The van der Waals surface area contributed by atoms with Gasteiger partial charge in [0.05, 0.1) is 5.75 Å². The van der Waals surface area contributed by atoms with E-state index in [1.807, 2.05) is 35.6 Å². The predicted octanol–water partition coefficient (Wildman–Crippen LogP) is 3.28. The minimum absolute atomic E-state index is 0.133. The molecule has 7 heteroatoms. The molecular formula is C18H23N5OS. The van der Waals surface area contributed by atoms with Gasteiger partial charge in [-0.05, 0) is 44.7 Å². The Balaban J connectivity index is 1.66. The standard InChI is InChI=1S/C18H23N5OS/c1-3-23(15-7-5-4-6-8-15)16(24)13-25-18-21-20-17(22(18)2)14-9-11-19-12-10-14/h7,9-12H,3-6,8,13H2,1-2H3. The van der Waals surface area contributed by atoms with Crippen LogP contribution in [0.25, 0.3) is 11.4 Å². The van der Waals surface area contributed by atoms with Crippen LogP contribution in [0.4, 0.5) is 0 Å². The van der Waals surface area contributed by atoms with Crippen LogP contribution in [-0.4, -0.2) is 42.9 Å². The maximum atomic E-state index is 12.6. The summed E-state index contributed by atoms with van der Waals surface area (Å²) in [7, 11) is 1.92. The summed E-state index contributed by atoms with van der Waals surface area (Å²) in [6, 6.07) is 3.80. The summed E-state index contributed by atoms with van der Waals surface area (Å²) in [5.74, 6) is 1.28. The van der Waals surface area contributed by atoms with Crippen LogP contribution in [0.5, 0.6) is 0 Å². The zero-order valence-electron chi connectivity index (χ0n) is 14.7. The van der Waals surface area contributed by atoms with Crippen LogP contribution in [0, 0.1) is 0 Å². The molecule has 0 spiro atoms. The Bertz CT molecular complexity index is 756. The number of nitrogens with zero attached hydrogens (tertiary/aromatic N) is 5. The van der Waals surface area contributed by atoms with Gasteiger partial charge in [0.1, 0.15) is 0 Å². The summed E-state index contributed by atoms with van der Waals surface area (Å²) in [6.45, 7) is 2.74. The first-order chi connectivity index (χ1) is 12.2. The zero-order valence-corrected chi connectivity index (χ0v) is 15.5. The van der Waals surface area contributed by atoms with Gasteiger partial charge < -0.3 is 9.47 Å². The second kappa shape index (κ2) is 8.29. The van der Waals surface area contributed by atoms with Crippen LogP contribution >= 0.6 is 11.8 Å². The van der Waals surface area contributed by atoms with Gasteiger partial charge in [-0.25, -0.2) is 0 Å². The summed E-state index contributed by atoms with van der Waals surface area (Å²) in [5.41, 5.74) is 2.14. The average Bonchev–Trinajstić information content (AvgIpc) is 3.03. The molecule has 0 unspecified atom stereocenters. The zero-order chi connectivity index (χ0) is 17.6. The fourth-order valence-corrected chi connectivity index (χ4v) is 3.79. The maximum absolute atomic E-state index is 12.6. The van der Waals surface area contributed by atoms with Crippen molar-refractivity contribution in [3.8, 4) is 11.4 Å². The molecule has 25 heavy (non-hydrogen) atoms. The largest absolute Gasteiger partial charge is 0.316 e. The number of hydrogen-bond donors (Lipinski definition) is 0. The first kappa shape index (κ1) is 17.7. The fourth-order valence-electron chi connectivity index (χ4n) is 3.00. The third-order valence-electron chi connectivity index (χ3n) is 4.33. The monoisotopic (exact) mass is 357 g/mol. The first-order valence-corrected chi connectivity index (χ1v) is 9.61. The Hall–Kier alpha value is -2.15. The number of aromatic nitrogens is 4. The topological polar surface area (TPSA) is 63.9 Å². The number of thioether (sulfide) groups is 1. The number of allylic oxidation sites excluding steroid dienone is 2. The van der Waals surface area contributed by atoms with Crippen molar-refractivity contribution in [1.82, 2.24) is 24.6 Å². The minimum Gasteiger partial charge on any atom is -0.316 e. The molecule has 3 rings (SSSR count).